The normalized spacial score (nSPS) is 16.4. The van der Waals surface area contributed by atoms with Crippen molar-refractivity contribution in [1.82, 2.24) is 9.78 Å². The highest BCUT2D eigenvalue weighted by Crippen LogP contribution is 2.29. The molecule has 1 aliphatic rings. The smallest absolute Gasteiger partial charge is 0.266 e. The van der Waals surface area contributed by atoms with Crippen molar-refractivity contribution in [2.45, 2.75) is 12.8 Å². The number of piperidine rings is 1. The van der Waals surface area contributed by atoms with E-state index in [4.69, 9.17) is 0 Å². The lowest BCUT2D eigenvalue weighted by Crippen LogP contribution is -2.41. The zero-order valence-electron chi connectivity index (χ0n) is 16.4. The Morgan fingerprint density at radius 2 is 1.79 bits per heavy atom. The van der Waals surface area contributed by atoms with Gasteiger partial charge in [-0.1, -0.05) is 48.5 Å². The zero-order valence-corrected chi connectivity index (χ0v) is 16.4. The van der Waals surface area contributed by atoms with E-state index in [0.717, 1.165) is 42.0 Å². The third-order valence-electron chi connectivity index (χ3n) is 5.33. The molecule has 1 amide bonds. The van der Waals surface area contributed by atoms with Gasteiger partial charge < -0.3 is 10.2 Å². The van der Waals surface area contributed by atoms with E-state index in [9.17, 15) is 9.59 Å². The molecule has 2 aromatic carbocycles. The number of anilines is 2. The predicted molar refractivity (Wildman–Crippen MR) is 115 cm³/mol. The Balaban J connectivity index is 1.50. The fraction of sp³-hybridized carbons (Fsp3) is 0.261. The van der Waals surface area contributed by atoms with Crippen LogP contribution in [-0.2, 0) is 11.8 Å². The third kappa shape index (κ3) is 4.21. The summed E-state index contributed by atoms with van der Waals surface area (Å²) in [4.78, 5) is 26.7. The molecule has 3 aromatic rings. The molecule has 0 aliphatic carbocycles. The summed E-state index contributed by atoms with van der Waals surface area (Å²) in [7, 11) is 1.64. The molecule has 1 aromatic heterocycles. The minimum Gasteiger partial charge on any atom is -0.354 e. The molecule has 1 atom stereocenters. The summed E-state index contributed by atoms with van der Waals surface area (Å²) >= 11 is 0. The first kappa shape index (κ1) is 18.9. The summed E-state index contributed by atoms with van der Waals surface area (Å²) in [6, 6.07) is 21.2. The van der Waals surface area contributed by atoms with Crippen LogP contribution in [0.25, 0.3) is 11.1 Å². The van der Waals surface area contributed by atoms with Crippen LogP contribution in [0.3, 0.4) is 0 Å². The molecule has 0 unspecified atom stereocenters. The van der Waals surface area contributed by atoms with Gasteiger partial charge >= 0.3 is 0 Å². The molecule has 0 spiro atoms. The molecule has 4 rings (SSSR count). The summed E-state index contributed by atoms with van der Waals surface area (Å²) in [5, 5.41) is 7.46. The lowest BCUT2D eigenvalue weighted by Gasteiger charge is -2.33. The van der Waals surface area contributed by atoms with Gasteiger partial charge in [0.15, 0.2) is 0 Å². The number of amides is 1. The number of nitrogens with one attached hydrogen (secondary N) is 1. The third-order valence-corrected chi connectivity index (χ3v) is 5.33. The molecule has 6 heteroatoms. The van der Waals surface area contributed by atoms with Crippen molar-refractivity contribution in [3.05, 3.63) is 77.1 Å². The second-order valence-corrected chi connectivity index (χ2v) is 7.34. The Hall–Kier alpha value is -3.41. The van der Waals surface area contributed by atoms with Gasteiger partial charge in [0, 0.05) is 37.5 Å². The molecule has 6 nitrogen and oxygen atoms in total. The van der Waals surface area contributed by atoms with Gasteiger partial charge in [-0.3, -0.25) is 9.59 Å². The van der Waals surface area contributed by atoms with Crippen molar-refractivity contribution in [1.29, 1.82) is 0 Å². The van der Waals surface area contributed by atoms with Crippen molar-refractivity contribution in [3.8, 4) is 11.1 Å². The first-order valence-corrected chi connectivity index (χ1v) is 9.86. The van der Waals surface area contributed by atoms with Crippen LogP contribution >= 0.6 is 0 Å². The summed E-state index contributed by atoms with van der Waals surface area (Å²) in [5.74, 6) is 0.615. The van der Waals surface area contributed by atoms with Gasteiger partial charge in [0.1, 0.15) is 5.82 Å². The number of aromatic nitrogens is 2. The van der Waals surface area contributed by atoms with Crippen LogP contribution in [0.5, 0.6) is 0 Å². The van der Waals surface area contributed by atoms with E-state index in [1.165, 1.54) is 10.7 Å². The average Bonchev–Trinajstić information content (AvgIpc) is 2.77. The van der Waals surface area contributed by atoms with E-state index in [-0.39, 0.29) is 17.4 Å². The van der Waals surface area contributed by atoms with Gasteiger partial charge in [-0.25, -0.2) is 4.68 Å². The van der Waals surface area contributed by atoms with Crippen molar-refractivity contribution >= 4 is 17.4 Å². The lowest BCUT2D eigenvalue weighted by molar-refractivity contribution is -0.120. The SMILES string of the molecule is Cn1nc(N2CCC[C@@H](C(=O)Nc3ccccc3-c3ccccc3)C2)ccc1=O. The maximum absolute atomic E-state index is 13.0. The standard InChI is InChI=1S/C23H24N4O2/c1-26-22(28)14-13-21(25-26)27-15-7-10-18(16-27)23(29)24-20-12-6-5-11-19(20)17-8-3-2-4-9-17/h2-6,8-9,11-14,18H,7,10,15-16H2,1H3,(H,24,29)/t18-/m1/s1. The number of para-hydroxylation sites is 1. The quantitative estimate of drug-likeness (QED) is 0.745. The number of nitrogens with zero attached hydrogens (tertiary/aromatic N) is 3. The molecule has 1 N–H and O–H groups in total. The van der Waals surface area contributed by atoms with Crippen molar-refractivity contribution in [2.24, 2.45) is 13.0 Å². The predicted octanol–water partition coefficient (Wildman–Crippen LogP) is 3.30. The molecular weight excluding hydrogens is 364 g/mol. The highest BCUT2D eigenvalue weighted by molar-refractivity contribution is 5.97. The number of benzene rings is 2. The average molecular weight is 388 g/mol. The zero-order chi connectivity index (χ0) is 20.2. The van der Waals surface area contributed by atoms with Crippen molar-refractivity contribution < 1.29 is 4.79 Å². The minimum absolute atomic E-state index is 0.0166. The Morgan fingerprint density at radius 1 is 1.03 bits per heavy atom. The number of carbonyl (C=O) groups is 1. The largest absolute Gasteiger partial charge is 0.354 e. The summed E-state index contributed by atoms with van der Waals surface area (Å²) in [6.45, 7) is 1.42. The van der Waals surface area contributed by atoms with Crippen LogP contribution in [-0.4, -0.2) is 28.8 Å². The second kappa shape index (κ2) is 8.31. The Bertz CT molecular complexity index is 1060. The summed E-state index contributed by atoms with van der Waals surface area (Å²) in [5.41, 5.74) is 2.76. The molecule has 1 saturated heterocycles. The van der Waals surface area contributed by atoms with Crippen LogP contribution in [0, 0.1) is 5.92 Å². The molecule has 29 heavy (non-hydrogen) atoms. The maximum atomic E-state index is 13.0. The van der Waals surface area contributed by atoms with Crippen LogP contribution in [0.2, 0.25) is 0 Å². The fourth-order valence-electron chi connectivity index (χ4n) is 3.75. The number of hydrogen-bond donors (Lipinski definition) is 1. The maximum Gasteiger partial charge on any atom is 0.266 e. The Kier molecular flexibility index (Phi) is 5.42. The van der Waals surface area contributed by atoms with Crippen LogP contribution in [0.4, 0.5) is 11.5 Å². The van der Waals surface area contributed by atoms with Crippen molar-refractivity contribution in [3.63, 3.8) is 0 Å². The highest BCUT2D eigenvalue weighted by atomic mass is 16.2. The second-order valence-electron chi connectivity index (χ2n) is 7.34. The molecular formula is C23H24N4O2. The molecule has 2 heterocycles. The molecule has 148 valence electrons. The van der Waals surface area contributed by atoms with Crippen LogP contribution < -0.4 is 15.8 Å². The van der Waals surface area contributed by atoms with Gasteiger partial charge in [0.25, 0.3) is 5.56 Å². The van der Waals surface area contributed by atoms with E-state index in [1.807, 2.05) is 54.6 Å². The number of hydrogen-bond acceptors (Lipinski definition) is 4. The monoisotopic (exact) mass is 388 g/mol. The number of aryl methyl sites for hydroxylation is 1. The minimum atomic E-state index is -0.141. The summed E-state index contributed by atoms with van der Waals surface area (Å²) in [6.07, 6.45) is 1.74. The Morgan fingerprint density at radius 3 is 2.59 bits per heavy atom. The molecule has 1 fully saturated rings. The first-order valence-electron chi connectivity index (χ1n) is 9.86. The van der Waals surface area contributed by atoms with E-state index in [1.54, 1.807) is 13.1 Å². The van der Waals surface area contributed by atoms with E-state index < -0.39 is 0 Å². The lowest BCUT2D eigenvalue weighted by atomic mass is 9.96. The van der Waals surface area contributed by atoms with Gasteiger partial charge in [-0.2, -0.15) is 5.10 Å². The van der Waals surface area contributed by atoms with Crippen molar-refractivity contribution in [2.75, 3.05) is 23.3 Å². The number of rotatable bonds is 4. The van der Waals surface area contributed by atoms with Gasteiger partial charge in [0.05, 0.1) is 5.92 Å². The summed E-state index contributed by atoms with van der Waals surface area (Å²) < 4.78 is 1.33. The Labute approximate surface area is 169 Å². The van der Waals surface area contributed by atoms with Crippen LogP contribution in [0.1, 0.15) is 12.8 Å². The molecule has 0 radical (unpaired) electrons. The highest BCUT2D eigenvalue weighted by Gasteiger charge is 2.27. The van der Waals surface area contributed by atoms with Crippen LogP contribution in [0.15, 0.2) is 71.5 Å². The van der Waals surface area contributed by atoms with Gasteiger partial charge in [0.2, 0.25) is 5.91 Å². The fourth-order valence-corrected chi connectivity index (χ4v) is 3.75. The first-order chi connectivity index (χ1) is 14.1. The topological polar surface area (TPSA) is 67.2 Å². The van der Waals surface area contributed by atoms with E-state index in [2.05, 4.69) is 15.3 Å². The molecule has 0 bridgehead atoms. The van der Waals surface area contributed by atoms with E-state index in [0.29, 0.717) is 6.54 Å². The van der Waals surface area contributed by atoms with Gasteiger partial charge in [-0.15, -0.1) is 0 Å². The molecule has 1 aliphatic heterocycles. The van der Waals surface area contributed by atoms with Gasteiger partial charge in [-0.05, 0) is 30.5 Å². The molecule has 0 saturated carbocycles. The number of carbonyl (C=O) groups excluding carboxylic acids is 1. The van der Waals surface area contributed by atoms with E-state index >= 15 is 0 Å².